The van der Waals surface area contributed by atoms with E-state index in [1.54, 1.807) is 11.8 Å². The quantitative estimate of drug-likeness (QED) is 0.814. The zero-order chi connectivity index (χ0) is 16.2. The number of rotatable bonds is 4. The largest absolute Gasteiger partial charge is 0.466 e. The van der Waals surface area contributed by atoms with Crippen LogP contribution in [-0.2, 0) is 14.3 Å². The molecule has 0 saturated carbocycles. The van der Waals surface area contributed by atoms with Crippen molar-refractivity contribution in [2.75, 3.05) is 18.1 Å². The van der Waals surface area contributed by atoms with Gasteiger partial charge in [0.1, 0.15) is 0 Å². The van der Waals surface area contributed by atoms with Crippen molar-refractivity contribution in [1.82, 2.24) is 0 Å². The highest BCUT2D eigenvalue weighted by molar-refractivity contribution is 5.99. The normalized spacial score (nSPS) is 17.3. The van der Waals surface area contributed by atoms with Gasteiger partial charge >= 0.3 is 5.97 Å². The van der Waals surface area contributed by atoms with Gasteiger partial charge in [-0.05, 0) is 30.2 Å². The molecule has 1 heterocycles. The average molecular weight is 309 g/mol. The van der Waals surface area contributed by atoms with Crippen LogP contribution in [0.25, 0.3) is 11.1 Å². The molecule has 1 saturated heterocycles. The van der Waals surface area contributed by atoms with Gasteiger partial charge in [-0.1, -0.05) is 42.5 Å². The molecule has 0 aliphatic carbocycles. The van der Waals surface area contributed by atoms with Gasteiger partial charge in [-0.2, -0.15) is 0 Å². The highest BCUT2D eigenvalue weighted by Gasteiger charge is 2.35. The minimum Gasteiger partial charge on any atom is -0.466 e. The molecule has 0 aromatic heterocycles. The third-order valence-electron chi connectivity index (χ3n) is 4.03. The van der Waals surface area contributed by atoms with E-state index in [1.165, 1.54) is 0 Å². The summed E-state index contributed by atoms with van der Waals surface area (Å²) in [5, 5.41) is 0. The topological polar surface area (TPSA) is 46.6 Å². The van der Waals surface area contributed by atoms with Gasteiger partial charge in [0.05, 0.1) is 12.5 Å². The van der Waals surface area contributed by atoms with Crippen molar-refractivity contribution in [2.45, 2.75) is 13.3 Å². The van der Waals surface area contributed by atoms with Crippen LogP contribution in [-0.4, -0.2) is 25.0 Å². The van der Waals surface area contributed by atoms with Gasteiger partial charge in [-0.3, -0.25) is 9.59 Å². The summed E-state index contributed by atoms with van der Waals surface area (Å²) in [5.41, 5.74) is 3.06. The molecule has 0 unspecified atom stereocenters. The number of hydrogen-bond donors (Lipinski definition) is 0. The molecule has 1 atom stereocenters. The molecule has 23 heavy (non-hydrogen) atoms. The number of carbonyl (C=O) groups is 2. The summed E-state index contributed by atoms with van der Waals surface area (Å²) in [7, 11) is 0. The minimum absolute atomic E-state index is 0.0319. The first-order valence-corrected chi connectivity index (χ1v) is 7.81. The van der Waals surface area contributed by atoms with E-state index in [0.717, 1.165) is 16.8 Å². The van der Waals surface area contributed by atoms with E-state index in [-0.39, 0.29) is 24.2 Å². The first kappa shape index (κ1) is 15.3. The Morgan fingerprint density at radius 3 is 2.39 bits per heavy atom. The number of esters is 1. The molecule has 0 bridgehead atoms. The number of anilines is 1. The monoisotopic (exact) mass is 309 g/mol. The standard InChI is InChI=1S/C19H19NO3/c1-2-23-19(22)16-12-18(21)20(13-16)17-10-8-15(9-11-17)14-6-4-3-5-7-14/h3-11,16H,2,12-13H2,1H3/t16-/m1/s1. The highest BCUT2D eigenvalue weighted by atomic mass is 16.5. The molecule has 0 N–H and O–H groups in total. The van der Waals surface area contributed by atoms with Crippen molar-refractivity contribution in [3.8, 4) is 11.1 Å². The fourth-order valence-corrected chi connectivity index (χ4v) is 2.84. The van der Waals surface area contributed by atoms with Gasteiger partial charge in [0.25, 0.3) is 0 Å². The van der Waals surface area contributed by atoms with Gasteiger partial charge < -0.3 is 9.64 Å². The summed E-state index contributed by atoms with van der Waals surface area (Å²) in [6.07, 6.45) is 0.221. The molecule has 1 aliphatic heterocycles. The fraction of sp³-hybridized carbons (Fsp3) is 0.263. The van der Waals surface area contributed by atoms with E-state index in [4.69, 9.17) is 4.74 Å². The molecule has 1 aliphatic rings. The maximum absolute atomic E-state index is 12.2. The second-order valence-electron chi connectivity index (χ2n) is 5.57. The summed E-state index contributed by atoms with van der Waals surface area (Å²) < 4.78 is 5.02. The molecule has 0 spiro atoms. The number of hydrogen-bond acceptors (Lipinski definition) is 3. The lowest BCUT2D eigenvalue weighted by Gasteiger charge is -2.17. The summed E-state index contributed by atoms with van der Waals surface area (Å²) in [5.74, 6) is -0.684. The van der Waals surface area contributed by atoms with E-state index < -0.39 is 0 Å². The summed E-state index contributed by atoms with van der Waals surface area (Å²) in [4.78, 5) is 25.6. The van der Waals surface area contributed by atoms with E-state index in [2.05, 4.69) is 0 Å². The Morgan fingerprint density at radius 2 is 1.74 bits per heavy atom. The van der Waals surface area contributed by atoms with Crippen LogP contribution >= 0.6 is 0 Å². The summed E-state index contributed by atoms with van der Waals surface area (Å²) >= 11 is 0. The predicted octanol–water partition coefficient (Wildman–Crippen LogP) is 3.27. The predicted molar refractivity (Wildman–Crippen MR) is 89.0 cm³/mol. The molecule has 2 aromatic carbocycles. The van der Waals surface area contributed by atoms with Gasteiger partial charge in [0.2, 0.25) is 5.91 Å². The van der Waals surface area contributed by atoms with Crippen molar-refractivity contribution < 1.29 is 14.3 Å². The fourth-order valence-electron chi connectivity index (χ4n) is 2.84. The maximum atomic E-state index is 12.2. The third kappa shape index (κ3) is 3.26. The molecule has 1 fully saturated rings. The highest BCUT2D eigenvalue weighted by Crippen LogP contribution is 2.28. The molecule has 4 nitrogen and oxygen atoms in total. The smallest absolute Gasteiger partial charge is 0.311 e. The van der Waals surface area contributed by atoms with E-state index >= 15 is 0 Å². The molecular formula is C19H19NO3. The molecule has 2 aromatic rings. The second-order valence-corrected chi connectivity index (χ2v) is 5.57. The lowest BCUT2D eigenvalue weighted by Crippen LogP contribution is -2.26. The van der Waals surface area contributed by atoms with Crippen LogP contribution in [0.3, 0.4) is 0 Å². The van der Waals surface area contributed by atoms with E-state index in [0.29, 0.717) is 13.2 Å². The van der Waals surface area contributed by atoms with Crippen LogP contribution in [0.5, 0.6) is 0 Å². The SMILES string of the molecule is CCOC(=O)[C@@H]1CC(=O)N(c2ccc(-c3ccccc3)cc2)C1. The lowest BCUT2D eigenvalue weighted by atomic mass is 10.1. The number of nitrogens with zero attached hydrogens (tertiary/aromatic N) is 1. The number of benzene rings is 2. The first-order chi connectivity index (χ1) is 11.2. The maximum Gasteiger partial charge on any atom is 0.311 e. The minimum atomic E-state index is -0.365. The van der Waals surface area contributed by atoms with Crippen molar-refractivity contribution in [1.29, 1.82) is 0 Å². The Balaban J connectivity index is 1.75. The third-order valence-corrected chi connectivity index (χ3v) is 4.03. The Kier molecular flexibility index (Phi) is 4.42. The van der Waals surface area contributed by atoms with E-state index in [9.17, 15) is 9.59 Å². The Bertz CT molecular complexity index is 694. The number of amides is 1. The summed E-state index contributed by atoms with van der Waals surface area (Å²) in [6, 6.07) is 17.9. The van der Waals surface area contributed by atoms with Crippen LogP contribution in [0, 0.1) is 5.92 Å². The summed E-state index contributed by atoms with van der Waals surface area (Å²) in [6.45, 7) is 2.51. The molecule has 3 rings (SSSR count). The number of carbonyl (C=O) groups excluding carboxylic acids is 2. The second kappa shape index (κ2) is 6.65. The van der Waals surface area contributed by atoms with Gasteiger partial charge in [-0.15, -0.1) is 0 Å². The zero-order valence-corrected chi connectivity index (χ0v) is 13.1. The Labute approximate surface area is 135 Å². The molecule has 4 heteroatoms. The van der Waals surface area contributed by atoms with Crippen molar-refractivity contribution in [2.24, 2.45) is 5.92 Å². The van der Waals surface area contributed by atoms with Crippen molar-refractivity contribution >= 4 is 17.6 Å². The van der Waals surface area contributed by atoms with Crippen molar-refractivity contribution in [3.63, 3.8) is 0 Å². The zero-order valence-electron chi connectivity index (χ0n) is 13.1. The van der Waals surface area contributed by atoms with Crippen LogP contribution in [0.4, 0.5) is 5.69 Å². The first-order valence-electron chi connectivity index (χ1n) is 7.81. The van der Waals surface area contributed by atoms with Crippen LogP contribution in [0.2, 0.25) is 0 Å². The van der Waals surface area contributed by atoms with Gasteiger partial charge in [0, 0.05) is 18.7 Å². The van der Waals surface area contributed by atoms with Crippen LogP contribution in [0.15, 0.2) is 54.6 Å². The lowest BCUT2D eigenvalue weighted by molar-refractivity contribution is -0.147. The molecule has 0 radical (unpaired) electrons. The average Bonchev–Trinajstić information content (AvgIpc) is 2.98. The van der Waals surface area contributed by atoms with Crippen LogP contribution < -0.4 is 4.90 Å². The molecular weight excluding hydrogens is 290 g/mol. The van der Waals surface area contributed by atoms with Crippen molar-refractivity contribution in [3.05, 3.63) is 54.6 Å². The Morgan fingerprint density at radius 1 is 1.09 bits per heavy atom. The van der Waals surface area contributed by atoms with Crippen LogP contribution in [0.1, 0.15) is 13.3 Å². The molecule has 1 amide bonds. The van der Waals surface area contributed by atoms with Gasteiger partial charge in [0.15, 0.2) is 0 Å². The number of ether oxygens (including phenoxy) is 1. The van der Waals surface area contributed by atoms with Gasteiger partial charge in [-0.25, -0.2) is 0 Å². The Hall–Kier alpha value is -2.62. The molecule has 118 valence electrons. The van der Waals surface area contributed by atoms with E-state index in [1.807, 2.05) is 54.6 Å².